The largest absolute Gasteiger partial charge is 0.396 e. The summed E-state index contributed by atoms with van der Waals surface area (Å²) >= 11 is 0. The van der Waals surface area contributed by atoms with Crippen molar-refractivity contribution in [3.8, 4) is 0 Å². The molecule has 1 saturated heterocycles. The van der Waals surface area contributed by atoms with Crippen molar-refractivity contribution in [2.75, 3.05) is 26.2 Å². The topological polar surface area (TPSA) is 52.6 Å². The third-order valence-electron chi connectivity index (χ3n) is 3.64. The van der Waals surface area contributed by atoms with Gasteiger partial charge in [0.1, 0.15) is 5.82 Å². The van der Waals surface area contributed by atoms with E-state index in [1.54, 1.807) is 11.0 Å². The number of hydrogen-bond acceptors (Lipinski definition) is 2. The van der Waals surface area contributed by atoms with E-state index in [2.05, 4.69) is 5.32 Å². The fourth-order valence-corrected chi connectivity index (χ4v) is 2.52. The number of aliphatic hydroxyl groups is 1. The van der Waals surface area contributed by atoms with E-state index >= 15 is 0 Å². The first kappa shape index (κ1) is 14.8. The van der Waals surface area contributed by atoms with Crippen LogP contribution in [0.2, 0.25) is 0 Å². The van der Waals surface area contributed by atoms with Crippen molar-refractivity contribution in [1.29, 1.82) is 0 Å². The van der Waals surface area contributed by atoms with E-state index in [0.717, 1.165) is 24.9 Å². The third-order valence-corrected chi connectivity index (χ3v) is 3.64. The Hall–Kier alpha value is -1.62. The zero-order valence-electron chi connectivity index (χ0n) is 11.5. The monoisotopic (exact) mass is 280 g/mol. The molecule has 1 aliphatic rings. The fourth-order valence-electron chi connectivity index (χ4n) is 2.52. The number of amides is 2. The molecule has 1 unspecified atom stereocenters. The minimum atomic E-state index is -0.254. The quantitative estimate of drug-likeness (QED) is 0.883. The molecule has 0 bridgehead atoms. The molecule has 110 valence electrons. The van der Waals surface area contributed by atoms with Gasteiger partial charge in [-0.25, -0.2) is 9.18 Å². The van der Waals surface area contributed by atoms with Crippen molar-refractivity contribution in [2.45, 2.75) is 19.3 Å². The smallest absolute Gasteiger partial charge is 0.317 e. The lowest BCUT2D eigenvalue weighted by molar-refractivity contribution is 0.129. The average Bonchev–Trinajstić information content (AvgIpc) is 2.47. The van der Waals surface area contributed by atoms with Gasteiger partial charge in [0.25, 0.3) is 0 Å². The predicted octanol–water partition coefficient (Wildman–Crippen LogP) is 1.78. The lowest BCUT2D eigenvalue weighted by atomic mass is 9.99. The molecular formula is C15H21FN2O2. The summed E-state index contributed by atoms with van der Waals surface area (Å²) in [6.07, 6.45) is 2.52. The Morgan fingerprint density at radius 2 is 2.35 bits per heavy atom. The van der Waals surface area contributed by atoms with Crippen LogP contribution in [0.15, 0.2) is 24.3 Å². The Balaban J connectivity index is 1.75. The van der Waals surface area contributed by atoms with Gasteiger partial charge in [-0.15, -0.1) is 0 Å². The molecule has 2 N–H and O–H groups in total. The number of benzene rings is 1. The Labute approximate surface area is 118 Å². The first-order valence-electron chi connectivity index (χ1n) is 7.07. The number of nitrogens with one attached hydrogen (secondary N) is 1. The zero-order valence-corrected chi connectivity index (χ0v) is 11.5. The molecule has 1 aromatic carbocycles. The summed E-state index contributed by atoms with van der Waals surface area (Å²) in [5.41, 5.74) is 0.872. The van der Waals surface area contributed by atoms with Crippen LogP contribution < -0.4 is 5.32 Å². The van der Waals surface area contributed by atoms with Crippen molar-refractivity contribution >= 4 is 6.03 Å². The predicted molar refractivity (Wildman–Crippen MR) is 74.9 cm³/mol. The summed E-state index contributed by atoms with van der Waals surface area (Å²) in [4.78, 5) is 13.7. The highest BCUT2D eigenvalue weighted by atomic mass is 19.1. The summed E-state index contributed by atoms with van der Waals surface area (Å²) < 4.78 is 13.0. The molecule has 0 saturated carbocycles. The second-order valence-corrected chi connectivity index (χ2v) is 5.25. The van der Waals surface area contributed by atoms with Gasteiger partial charge in [-0.05, 0) is 42.9 Å². The molecule has 0 radical (unpaired) electrons. The zero-order chi connectivity index (χ0) is 14.4. The number of halogens is 1. The van der Waals surface area contributed by atoms with E-state index in [9.17, 15) is 9.18 Å². The highest BCUT2D eigenvalue weighted by molar-refractivity contribution is 5.74. The second-order valence-electron chi connectivity index (χ2n) is 5.25. The van der Waals surface area contributed by atoms with Crippen LogP contribution >= 0.6 is 0 Å². The van der Waals surface area contributed by atoms with E-state index < -0.39 is 0 Å². The molecule has 1 aliphatic heterocycles. The van der Waals surface area contributed by atoms with Crippen LogP contribution in [0.3, 0.4) is 0 Å². The molecule has 1 heterocycles. The lowest BCUT2D eigenvalue weighted by Gasteiger charge is -2.31. The highest BCUT2D eigenvalue weighted by Crippen LogP contribution is 2.15. The van der Waals surface area contributed by atoms with Crippen LogP contribution in [-0.4, -0.2) is 42.3 Å². The van der Waals surface area contributed by atoms with Crippen LogP contribution in [0, 0.1) is 11.7 Å². The summed E-state index contributed by atoms with van der Waals surface area (Å²) in [6.45, 7) is 1.97. The number of nitrogens with zero attached hydrogens (tertiary/aromatic N) is 1. The standard InChI is InChI=1S/C15H21FN2O2/c16-14-5-1-3-12(9-14)6-7-17-15(20)18-8-2-4-13(10-18)11-19/h1,3,5,9,13,19H,2,4,6-8,10-11H2,(H,17,20). The van der Waals surface area contributed by atoms with E-state index in [0.29, 0.717) is 19.5 Å². The fraction of sp³-hybridized carbons (Fsp3) is 0.533. The van der Waals surface area contributed by atoms with Crippen molar-refractivity contribution < 1.29 is 14.3 Å². The highest BCUT2D eigenvalue weighted by Gasteiger charge is 2.22. The molecule has 4 nitrogen and oxygen atoms in total. The summed E-state index contributed by atoms with van der Waals surface area (Å²) in [6, 6.07) is 6.31. The maximum Gasteiger partial charge on any atom is 0.317 e. The number of piperidine rings is 1. The molecule has 1 atom stereocenters. The van der Waals surface area contributed by atoms with Gasteiger partial charge < -0.3 is 15.3 Å². The van der Waals surface area contributed by atoms with Gasteiger partial charge in [0.05, 0.1) is 0 Å². The number of hydrogen-bond donors (Lipinski definition) is 2. The van der Waals surface area contributed by atoms with Crippen molar-refractivity contribution in [3.63, 3.8) is 0 Å². The second kappa shape index (κ2) is 7.24. The minimum Gasteiger partial charge on any atom is -0.396 e. The van der Waals surface area contributed by atoms with Gasteiger partial charge in [0.15, 0.2) is 0 Å². The SMILES string of the molecule is O=C(NCCc1cccc(F)c1)N1CCCC(CO)C1. The van der Waals surface area contributed by atoms with E-state index in [1.807, 2.05) is 6.07 Å². The number of urea groups is 1. The number of carbonyl (C=O) groups is 1. The molecular weight excluding hydrogens is 259 g/mol. The van der Waals surface area contributed by atoms with Gasteiger partial charge in [-0.3, -0.25) is 0 Å². The molecule has 1 aromatic rings. The van der Waals surface area contributed by atoms with E-state index in [1.165, 1.54) is 12.1 Å². The summed E-state index contributed by atoms with van der Waals surface area (Å²) in [5.74, 6) is -0.0617. The molecule has 20 heavy (non-hydrogen) atoms. The Morgan fingerprint density at radius 3 is 3.10 bits per heavy atom. The van der Waals surface area contributed by atoms with E-state index in [4.69, 9.17) is 5.11 Å². The summed E-state index contributed by atoms with van der Waals surface area (Å²) in [5, 5.41) is 12.0. The Morgan fingerprint density at radius 1 is 1.50 bits per heavy atom. The first-order valence-corrected chi connectivity index (χ1v) is 7.07. The molecule has 1 fully saturated rings. The van der Waals surface area contributed by atoms with Crippen LogP contribution in [-0.2, 0) is 6.42 Å². The van der Waals surface area contributed by atoms with Crippen molar-refractivity contribution in [1.82, 2.24) is 10.2 Å². The Bertz CT molecular complexity index is 453. The van der Waals surface area contributed by atoms with Crippen LogP contribution in [0.4, 0.5) is 9.18 Å². The normalized spacial score (nSPS) is 18.9. The average molecular weight is 280 g/mol. The number of rotatable bonds is 4. The first-order chi connectivity index (χ1) is 9.69. The van der Waals surface area contributed by atoms with Crippen molar-refractivity contribution in [2.24, 2.45) is 5.92 Å². The van der Waals surface area contributed by atoms with Crippen LogP contribution in [0.25, 0.3) is 0 Å². The summed E-state index contributed by atoms with van der Waals surface area (Å²) in [7, 11) is 0. The van der Waals surface area contributed by atoms with Crippen molar-refractivity contribution in [3.05, 3.63) is 35.6 Å². The van der Waals surface area contributed by atoms with Gasteiger partial charge in [0.2, 0.25) is 0 Å². The Kier molecular flexibility index (Phi) is 5.35. The van der Waals surface area contributed by atoms with Gasteiger partial charge in [-0.1, -0.05) is 12.1 Å². The molecule has 0 aromatic heterocycles. The molecule has 2 amide bonds. The van der Waals surface area contributed by atoms with Crippen LogP contribution in [0.1, 0.15) is 18.4 Å². The number of aliphatic hydroxyl groups excluding tert-OH is 1. The third kappa shape index (κ3) is 4.20. The molecule has 2 rings (SSSR count). The maximum absolute atomic E-state index is 13.0. The minimum absolute atomic E-state index is 0.0976. The molecule has 5 heteroatoms. The van der Waals surface area contributed by atoms with Crippen LogP contribution in [0.5, 0.6) is 0 Å². The van der Waals surface area contributed by atoms with Gasteiger partial charge in [0, 0.05) is 26.2 Å². The molecule has 0 aliphatic carbocycles. The van der Waals surface area contributed by atoms with E-state index in [-0.39, 0.29) is 24.4 Å². The number of likely N-dealkylation sites (tertiary alicyclic amines) is 1. The lowest BCUT2D eigenvalue weighted by Crippen LogP contribution is -2.46. The van der Waals surface area contributed by atoms with Gasteiger partial charge >= 0.3 is 6.03 Å². The maximum atomic E-state index is 13.0. The van der Waals surface area contributed by atoms with Gasteiger partial charge in [-0.2, -0.15) is 0 Å². The molecule has 0 spiro atoms. The number of carbonyl (C=O) groups excluding carboxylic acids is 1.